The fraction of sp³-hybridized carbons (Fsp3) is 0.167. The van der Waals surface area contributed by atoms with Crippen molar-refractivity contribution < 1.29 is 18.3 Å². The van der Waals surface area contributed by atoms with Crippen LogP contribution in [-0.2, 0) is 10.0 Å². The van der Waals surface area contributed by atoms with Gasteiger partial charge in [0.15, 0.2) is 5.69 Å². The third-order valence-corrected chi connectivity index (χ3v) is 5.30. The molecule has 2 N–H and O–H groups in total. The van der Waals surface area contributed by atoms with Gasteiger partial charge >= 0.3 is 5.97 Å². The zero-order chi connectivity index (χ0) is 14.8. The number of sulfonamides is 1. The van der Waals surface area contributed by atoms with E-state index in [1.54, 1.807) is 37.3 Å². The SMILES string of the molecule is CC(c1ccccc1)S(=O)(=O)Nc1scnc1C(=O)O. The lowest BCUT2D eigenvalue weighted by molar-refractivity contribution is 0.0692. The number of hydrogen-bond donors (Lipinski definition) is 2. The lowest BCUT2D eigenvalue weighted by Gasteiger charge is -2.14. The number of aromatic carboxylic acids is 1. The summed E-state index contributed by atoms with van der Waals surface area (Å²) in [5.41, 5.74) is 1.62. The van der Waals surface area contributed by atoms with Crippen molar-refractivity contribution in [3.63, 3.8) is 0 Å². The third-order valence-electron chi connectivity index (χ3n) is 2.74. The van der Waals surface area contributed by atoms with Crippen molar-refractivity contribution >= 4 is 32.3 Å². The van der Waals surface area contributed by atoms with Gasteiger partial charge in [-0.05, 0) is 12.5 Å². The molecule has 1 heterocycles. The zero-order valence-corrected chi connectivity index (χ0v) is 12.1. The lowest BCUT2D eigenvalue weighted by atomic mass is 10.2. The van der Waals surface area contributed by atoms with Gasteiger partial charge in [-0.15, -0.1) is 11.3 Å². The van der Waals surface area contributed by atoms with Gasteiger partial charge in [0.1, 0.15) is 10.3 Å². The van der Waals surface area contributed by atoms with E-state index < -0.39 is 21.2 Å². The van der Waals surface area contributed by atoms with Crippen molar-refractivity contribution in [2.75, 3.05) is 4.72 Å². The highest BCUT2D eigenvalue weighted by atomic mass is 32.2. The Morgan fingerprint density at radius 1 is 1.35 bits per heavy atom. The Kier molecular flexibility index (Phi) is 4.05. The molecule has 0 saturated carbocycles. The van der Waals surface area contributed by atoms with Gasteiger partial charge in [0, 0.05) is 0 Å². The van der Waals surface area contributed by atoms with Gasteiger partial charge in [0.25, 0.3) is 0 Å². The maximum absolute atomic E-state index is 12.2. The fourth-order valence-electron chi connectivity index (χ4n) is 1.59. The minimum Gasteiger partial charge on any atom is -0.476 e. The number of rotatable bonds is 5. The van der Waals surface area contributed by atoms with Crippen LogP contribution in [0.4, 0.5) is 5.00 Å². The predicted molar refractivity (Wildman–Crippen MR) is 76.5 cm³/mol. The van der Waals surface area contributed by atoms with Crippen LogP contribution in [0.25, 0.3) is 0 Å². The lowest BCUT2D eigenvalue weighted by Crippen LogP contribution is -2.20. The number of nitrogens with one attached hydrogen (secondary N) is 1. The smallest absolute Gasteiger partial charge is 0.357 e. The number of nitrogens with zero attached hydrogens (tertiary/aromatic N) is 1. The van der Waals surface area contributed by atoms with Crippen LogP contribution >= 0.6 is 11.3 Å². The zero-order valence-electron chi connectivity index (χ0n) is 10.5. The molecule has 1 aromatic carbocycles. The normalized spacial score (nSPS) is 12.8. The molecule has 6 nitrogen and oxygen atoms in total. The molecule has 0 fully saturated rings. The summed E-state index contributed by atoms with van der Waals surface area (Å²) < 4.78 is 26.8. The van der Waals surface area contributed by atoms with Crippen LogP contribution in [-0.4, -0.2) is 24.5 Å². The molecule has 0 amide bonds. The number of benzene rings is 1. The number of aromatic nitrogens is 1. The standard InChI is InChI=1S/C12H12N2O4S2/c1-8(9-5-3-2-4-6-9)20(17,18)14-11-10(12(15)16)13-7-19-11/h2-8,14H,1H3,(H,15,16). The molecule has 1 atom stereocenters. The van der Waals surface area contributed by atoms with Gasteiger partial charge < -0.3 is 5.11 Å². The van der Waals surface area contributed by atoms with Gasteiger partial charge in [0.2, 0.25) is 10.0 Å². The second-order valence-corrected chi connectivity index (χ2v) is 6.89. The highest BCUT2D eigenvalue weighted by molar-refractivity contribution is 7.93. The maximum Gasteiger partial charge on any atom is 0.357 e. The molecule has 106 valence electrons. The van der Waals surface area contributed by atoms with E-state index in [4.69, 9.17) is 5.11 Å². The molecule has 20 heavy (non-hydrogen) atoms. The molecule has 2 aromatic rings. The predicted octanol–water partition coefficient (Wildman–Crippen LogP) is 2.34. The van der Waals surface area contributed by atoms with E-state index >= 15 is 0 Å². The van der Waals surface area contributed by atoms with Gasteiger partial charge in [-0.25, -0.2) is 18.2 Å². The molecular formula is C12H12N2O4S2. The monoisotopic (exact) mass is 312 g/mol. The van der Waals surface area contributed by atoms with Crippen molar-refractivity contribution in [3.8, 4) is 0 Å². The second-order valence-electron chi connectivity index (χ2n) is 4.04. The molecular weight excluding hydrogens is 300 g/mol. The van der Waals surface area contributed by atoms with Gasteiger partial charge in [0.05, 0.1) is 5.51 Å². The first-order valence-corrected chi connectivity index (χ1v) is 8.08. The fourth-order valence-corrected chi connectivity index (χ4v) is 3.70. The number of anilines is 1. The van der Waals surface area contributed by atoms with Crippen LogP contribution in [0.1, 0.15) is 28.2 Å². The van der Waals surface area contributed by atoms with Crippen molar-refractivity contribution in [2.45, 2.75) is 12.2 Å². The van der Waals surface area contributed by atoms with Crippen molar-refractivity contribution in [2.24, 2.45) is 0 Å². The number of thiazole rings is 1. The van der Waals surface area contributed by atoms with Gasteiger partial charge in [-0.1, -0.05) is 30.3 Å². The summed E-state index contributed by atoms with van der Waals surface area (Å²) in [6.07, 6.45) is 0. The van der Waals surface area contributed by atoms with E-state index in [0.29, 0.717) is 5.56 Å². The maximum atomic E-state index is 12.2. The number of carboxylic acid groups (broad SMARTS) is 1. The summed E-state index contributed by atoms with van der Waals surface area (Å²) in [6.45, 7) is 1.54. The van der Waals surface area contributed by atoms with Crippen LogP contribution in [0.15, 0.2) is 35.8 Å². The van der Waals surface area contributed by atoms with Crippen LogP contribution in [0.5, 0.6) is 0 Å². The number of carboxylic acids is 1. The van der Waals surface area contributed by atoms with Crippen molar-refractivity contribution in [1.29, 1.82) is 0 Å². The first kappa shape index (κ1) is 14.5. The number of hydrogen-bond acceptors (Lipinski definition) is 5. The largest absolute Gasteiger partial charge is 0.476 e. The van der Waals surface area contributed by atoms with E-state index in [2.05, 4.69) is 9.71 Å². The summed E-state index contributed by atoms with van der Waals surface area (Å²) in [5.74, 6) is -1.27. The average Bonchev–Trinajstić information content (AvgIpc) is 2.86. The summed E-state index contributed by atoms with van der Waals surface area (Å²) in [5, 5.41) is 8.13. The Bertz CT molecular complexity index is 710. The molecule has 2 rings (SSSR count). The highest BCUT2D eigenvalue weighted by Gasteiger charge is 2.25. The van der Waals surface area contributed by atoms with E-state index in [0.717, 1.165) is 11.3 Å². The Labute approximate surface area is 120 Å². The first-order valence-electron chi connectivity index (χ1n) is 5.65. The molecule has 1 unspecified atom stereocenters. The molecule has 0 bridgehead atoms. The quantitative estimate of drug-likeness (QED) is 0.883. The Morgan fingerprint density at radius 3 is 2.60 bits per heavy atom. The van der Waals surface area contributed by atoms with Crippen LogP contribution < -0.4 is 4.72 Å². The molecule has 8 heteroatoms. The summed E-state index contributed by atoms with van der Waals surface area (Å²) >= 11 is 0.935. The summed E-state index contributed by atoms with van der Waals surface area (Å²) in [4.78, 5) is 14.5. The molecule has 0 radical (unpaired) electrons. The Morgan fingerprint density at radius 2 is 2.00 bits per heavy atom. The second kappa shape index (κ2) is 5.59. The molecule has 0 saturated heterocycles. The van der Waals surface area contributed by atoms with E-state index in [-0.39, 0.29) is 10.7 Å². The first-order chi connectivity index (χ1) is 9.42. The summed E-state index contributed by atoms with van der Waals surface area (Å²) in [6, 6.07) is 8.69. The molecule has 0 aliphatic heterocycles. The van der Waals surface area contributed by atoms with E-state index in [9.17, 15) is 13.2 Å². The van der Waals surface area contributed by atoms with E-state index in [1.807, 2.05) is 0 Å². The Hall–Kier alpha value is -1.93. The molecule has 0 aliphatic rings. The van der Waals surface area contributed by atoms with Crippen LogP contribution in [0.2, 0.25) is 0 Å². The van der Waals surface area contributed by atoms with Crippen LogP contribution in [0, 0.1) is 0 Å². The topological polar surface area (TPSA) is 96.4 Å². The summed E-state index contributed by atoms with van der Waals surface area (Å²) in [7, 11) is -3.74. The molecule has 1 aromatic heterocycles. The average molecular weight is 312 g/mol. The van der Waals surface area contributed by atoms with Gasteiger partial charge in [-0.3, -0.25) is 4.72 Å². The Balaban J connectivity index is 2.28. The third kappa shape index (κ3) is 2.97. The minimum atomic E-state index is -3.74. The van der Waals surface area contributed by atoms with Crippen molar-refractivity contribution in [1.82, 2.24) is 4.98 Å². The number of carbonyl (C=O) groups is 1. The van der Waals surface area contributed by atoms with Crippen LogP contribution in [0.3, 0.4) is 0 Å². The van der Waals surface area contributed by atoms with E-state index in [1.165, 1.54) is 5.51 Å². The molecule has 0 aliphatic carbocycles. The van der Waals surface area contributed by atoms with Crippen molar-refractivity contribution in [3.05, 3.63) is 47.1 Å². The van der Waals surface area contributed by atoms with Gasteiger partial charge in [-0.2, -0.15) is 0 Å². The minimum absolute atomic E-state index is 0.0141. The highest BCUT2D eigenvalue weighted by Crippen LogP contribution is 2.27. The molecule has 0 spiro atoms.